The Balaban J connectivity index is 1.11. The lowest BCUT2D eigenvalue weighted by atomic mass is 9.99. The summed E-state index contributed by atoms with van der Waals surface area (Å²) in [4.78, 5) is 17.6. The minimum atomic E-state index is -0.528. The average Bonchev–Trinajstić information content (AvgIpc) is 3.07. The Hall–Kier alpha value is -3.85. The fraction of sp³-hybridized carbons (Fsp3) is 0.306. The highest BCUT2D eigenvalue weighted by molar-refractivity contribution is 6.04. The van der Waals surface area contributed by atoms with Gasteiger partial charge in [-0.3, -0.25) is 14.6 Å². The molecule has 4 aromatic carbocycles. The molecule has 6 rings (SSSR count). The monoisotopic (exact) mass is 577 g/mol. The molecule has 43 heavy (non-hydrogen) atoms. The van der Waals surface area contributed by atoms with Gasteiger partial charge in [-0.05, 0) is 41.0 Å². The van der Waals surface area contributed by atoms with Gasteiger partial charge in [-0.1, -0.05) is 84.9 Å². The molecular formula is C36H39N3O4. The summed E-state index contributed by atoms with van der Waals surface area (Å²) in [6.45, 7) is 5.92. The van der Waals surface area contributed by atoms with E-state index in [0.29, 0.717) is 5.56 Å². The number of hydrogen-bond acceptors (Lipinski definition) is 6. The maximum absolute atomic E-state index is 12.6. The molecule has 2 aliphatic rings. The van der Waals surface area contributed by atoms with E-state index in [1.807, 2.05) is 66.7 Å². The van der Waals surface area contributed by atoms with Gasteiger partial charge in [-0.25, -0.2) is 0 Å². The molecule has 0 saturated carbocycles. The smallest absolute Gasteiger partial charge is 0.255 e. The van der Waals surface area contributed by atoms with Crippen molar-refractivity contribution in [3.8, 4) is 0 Å². The van der Waals surface area contributed by atoms with Crippen molar-refractivity contribution >= 4 is 11.6 Å². The number of aliphatic hydroxyl groups is 1. The Labute approximate surface area is 253 Å². The number of amides is 1. The first kappa shape index (κ1) is 29.2. The molecule has 0 spiro atoms. The second-order valence-electron chi connectivity index (χ2n) is 11.4. The molecule has 2 aliphatic heterocycles. The van der Waals surface area contributed by atoms with Crippen molar-refractivity contribution in [3.63, 3.8) is 0 Å². The first-order valence-electron chi connectivity index (χ1n) is 15.1. The van der Waals surface area contributed by atoms with E-state index in [9.17, 15) is 9.90 Å². The fourth-order valence-electron chi connectivity index (χ4n) is 5.81. The number of aliphatic hydroxyl groups excluding tert-OH is 1. The number of nitrogens with one attached hydrogen (secondary N) is 1. The van der Waals surface area contributed by atoms with E-state index in [4.69, 9.17) is 9.47 Å². The van der Waals surface area contributed by atoms with Gasteiger partial charge >= 0.3 is 0 Å². The molecule has 7 heteroatoms. The number of hydrogen-bond donors (Lipinski definition) is 2. The van der Waals surface area contributed by atoms with E-state index in [1.54, 1.807) is 12.1 Å². The molecule has 0 unspecified atom stereocenters. The normalized spacial score (nSPS) is 21.4. The van der Waals surface area contributed by atoms with Crippen LogP contribution in [-0.4, -0.2) is 59.6 Å². The van der Waals surface area contributed by atoms with Crippen LogP contribution in [0.25, 0.3) is 0 Å². The Bertz CT molecular complexity index is 1440. The van der Waals surface area contributed by atoms with Crippen LogP contribution in [0.2, 0.25) is 0 Å². The summed E-state index contributed by atoms with van der Waals surface area (Å²) in [5.41, 5.74) is 5.55. The zero-order chi connectivity index (χ0) is 29.4. The quantitative estimate of drug-likeness (QED) is 0.262. The summed E-state index contributed by atoms with van der Waals surface area (Å²) >= 11 is 0. The molecule has 0 aliphatic carbocycles. The predicted octanol–water partition coefficient (Wildman–Crippen LogP) is 5.79. The molecule has 222 valence electrons. The Morgan fingerprint density at radius 2 is 1.35 bits per heavy atom. The maximum Gasteiger partial charge on any atom is 0.255 e. The van der Waals surface area contributed by atoms with Gasteiger partial charge in [0.1, 0.15) is 0 Å². The molecule has 0 aromatic heterocycles. The van der Waals surface area contributed by atoms with Crippen molar-refractivity contribution in [2.24, 2.45) is 0 Å². The summed E-state index contributed by atoms with van der Waals surface area (Å²) < 4.78 is 13.1. The van der Waals surface area contributed by atoms with Crippen LogP contribution in [0.3, 0.4) is 0 Å². The number of piperazine rings is 1. The van der Waals surface area contributed by atoms with Crippen LogP contribution < -0.4 is 5.32 Å². The Morgan fingerprint density at radius 1 is 0.721 bits per heavy atom. The van der Waals surface area contributed by atoms with E-state index >= 15 is 0 Å². The SMILES string of the molecule is O=C(Nc1ccc([C@@H]2O[C@H](CN3CCN(Cc4ccccc4)CC3)C[C@H](c3ccc(CO)cc3)O2)cc1)c1ccccc1. The number of carbonyl (C=O) groups excluding carboxylic acids is 1. The van der Waals surface area contributed by atoms with Crippen LogP contribution in [0.15, 0.2) is 109 Å². The lowest BCUT2D eigenvalue weighted by Gasteiger charge is -2.40. The minimum absolute atomic E-state index is 0.000554. The predicted molar refractivity (Wildman–Crippen MR) is 167 cm³/mol. The Kier molecular flexibility index (Phi) is 9.57. The molecule has 7 nitrogen and oxygen atoms in total. The zero-order valence-electron chi connectivity index (χ0n) is 24.3. The van der Waals surface area contributed by atoms with Gasteiger partial charge in [0.05, 0.1) is 18.8 Å². The van der Waals surface area contributed by atoms with E-state index in [2.05, 4.69) is 45.4 Å². The molecule has 3 atom stereocenters. The van der Waals surface area contributed by atoms with Gasteiger partial charge in [0.15, 0.2) is 6.29 Å². The summed E-state index contributed by atoms with van der Waals surface area (Å²) in [5.74, 6) is -0.145. The van der Waals surface area contributed by atoms with Crippen LogP contribution in [0.5, 0.6) is 0 Å². The summed E-state index contributed by atoms with van der Waals surface area (Å²) in [6.07, 6.45) is 0.0944. The van der Waals surface area contributed by atoms with Crippen molar-refractivity contribution in [1.29, 1.82) is 0 Å². The van der Waals surface area contributed by atoms with Gasteiger partial charge in [0.25, 0.3) is 5.91 Å². The lowest BCUT2D eigenvalue weighted by molar-refractivity contribution is -0.253. The molecule has 1 amide bonds. The number of ether oxygens (including phenoxy) is 2. The number of carbonyl (C=O) groups is 1. The first-order chi connectivity index (χ1) is 21.1. The highest BCUT2D eigenvalue weighted by Crippen LogP contribution is 2.38. The molecule has 2 N–H and O–H groups in total. The summed E-state index contributed by atoms with van der Waals surface area (Å²) in [5, 5.41) is 12.5. The third-order valence-corrected chi connectivity index (χ3v) is 8.27. The van der Waals surface area contributed by atoms with E-state index in [0.717, 1.165) is 68.1 Å². The molecule has 4 aromatic rings. The first-order valence-corrected chi connectivity index (χ1v) is 15.1. The fourth-order valence-corrected chi connectivity index (χ4v) is 5.81. The molecule has 2 heterocycles. The lowest BCUT2D eigenvalue weighted by Crippen LogP contribution is -2.49. The van der Waals surface area contributed by atoms with Crippen molar-refractivity contribution < 1.29 is 19.4 Å². The third-order valence-electron chi connectivity index (χ3n) is 8.27. The Morgan fingerprint density at radius 3 is 2.02 bits per heavy atom. The van der Waals surface area contributed by atoms with E-state index in [1.165, 1.54) is 5.56 Å². The standard InChI is InChI=1S/C36H39N3O4/c40-26-28-11-13-29(14-12-28)34-23-33(25-39-21-19-38(20-22-39)24-27-7-3-1-4-8-27)42-36(43-34)31-15-17-32(18-16-31)37-35(41)30-9-5-2-6-10-30/h1-18,33-34,36,40H,19-26H2,(H,37,41)/t33-,34+,36+/m0/s1. The third kappa shape index (κ3) is 7.76. The number of rotatable bonds is 9. The van der Waals surface area contributed by atoms with Crippen LogP contribution in [0.1, 0.15) is 51.4 Å². The average molecular weight is 578 g/mol. The van der Waals surface area contributed by atoms with E-state index in [-0.39, 0.29) is 24.7 Å². The van der Waals surface area contributed by atoms with Crippen molar-refractivity contribution in [3.05, 3.63) is 137 Å². The molecule has 0 bridgehead atoms. The highest BCUT2D eigenvalue weighted by atomic mass is 16.7. The summed E-state index contributed by atoms with van der Waals surface area (Å²) in [6, 6.07) is 35.5. The zero-order valence-corrected chi connectivity index (χ0v) is 24.3. The van der Waals surface area contributed by atoms with Crippen LogP contribution in [0.4, 0.5) is 5.69 Å². The minimum Gasteiger partial charge on any atom is -0.392 e. The van der Waals surface area contributed by atoms with Gasteiger partial charge in [0, 0.05) is 62.5 Å². The molecule has 2 fully saturated rings. The summed E-state index contributed by atoms with van der Waals surface area (Å²) in [7, 11) is 0. The molecule has 0 radical (unpaired) electrons. The second kappa shape index (κ2) is 14.1. The van der Waals surface area contributed by atoms with Crippen LogP contribution in [-0.2, 0) is 22.6 Å². The van der Waals surface area contributed by atoms with Gasteiger partial charge < -0.3 is 19.9 Å². The van der Waals surface area contributed by atoms with Crippen molar-refractivity contribution in [2.75, 3.05) is 38.0 Å². The number of nitrogens with zero attached hydrogens (tertiary/aromatic N) is 2. The van der Waals surface area contributed by atoms with Gasteiger partial charge in [-0.15, -0.1) is 0 Å². The number of benzene rings is 4. The van der Waals surface area contributed by atoms with Gasteiger partial charge in [-0.2, -0.15) is 0 Å². The van der Waals surface area contributed by atoms with Gasteiger partial charge in [0.2, 0.25) is 0 Å². The van der Waals surface area contributed by atoms with Crippen LogP contribution in [0, 0.1) is 0 Å². The van der Waals surface area contributed by atoms with Crippen LogP contribution >= 0.6 is 0 Å². The van der Waals surface area contributed by atoms with E-state index < -0.39 is 6.29 Å². The second-order valence-corrected chi connectivity index (χ2v) is 11.4. The maximum atomic E-state index is 12.6. The topological polar surface area (TPSA) is 74.3 Å². The van der Waals surface area contributed by atoms with Crippen molar-refractivity contribution in [2.45, 2.75) is 38.1 Å². The molecule has 2 saturated heterocycles. The largest absolute Gasteiger partial charge is 0.392 e. The highest BCUT2D eigenvalue weighted by Gasteiger charge is 2.33. The molecular weight excluding hydrogens is 538 g/mol. The van der Waals surface area contributed by atoms with Crippen molar-refractivity contribution in [1.82, 2.24) is 9.80 Å². The number of anilines is 1.